The number of nitrogens with one attached hydrogen (secondary N) is 1. The largest absolute Gasteiger partial charge is 0.379 e. The molecule has 2 aliphatic rings. The third-order valence-electron chi connectivity index (χ3n) is 3.57. The van der Waals surface area contributed by atoms with Crippen LogP contribution in [0.1, 0.15) is 19.8 Å². The molecule has 1 amide bonds. The number of amides is 1. The second kappa shape index (κ2) is 4.94. The van der Waals surface area contributed by atoms with Gasteiger partial charge in [-0.05, 0) is 24.4 Å². The van der Waals surface area contributed by atoms with Crippen molar-refractivity contribution in [2.45, 2.75) is 31.8 Å². The molecule has 2 atom stereocenters. The van der Waals surface area contributed by atoms with Crippen molar-refractivity contribution in [2.24, 2.45) is 0 Å². The molecule has 0 bridgehead atoms. The van der Waals surface area contributed by atoms with Crippen LogP contribution < -0.4 is 10.2 Å². The van der Waals surface area contributed by atoms with Gasteiger partial charge in [0.25, 0.3) is 0 Å². The van der Waals surface area contributed by atoms with Crippen LogP contribution in [0, 0.1) is 0 Å². The second-order valence-corrected chi connectivity index (χ2v) is 5.05. The number of carbonyl (C=O) groups is 1. The topological polar surface area (TPSA) is 67.4 Å². The summed E-state index contributed by atoms with van der Waals surface area (Å²) < 4.78 is 5.43. The summed E-state index contributed by atoms with van der Waals surface area (Å²) in [6.45, 7) is 3.32. The summed E-state index contributed by atoms with van der Waals surface area (Å²) in [7, 11) is 0. The quantitative estimate of drug-likeness (QED) is 0.832. The summed E-state index contributed by atoms with van der Waals surface area (Å²) in [4.78, 5) is 22.4. The highest BCUT2D eigenvalue weighted by Gasteiger charge is 2.38. The third kappa shape index (κ3) is 2.15. The van der Waals surface area contributed by atoms with Gasteiger partial charge in [0, 0.05) is 6.61 Å². The first-order valence-electron chi connectivity index (χ1n) is 6.40. The molecule has 1 saturated heterocycles. The normalized spacial score (nSPS) is 26.2. The number of nitrogens with zero attached hydrogens (tertiary/aromatic N) is 3. The minimum absolute atomic E-state index is 0.0205. The Hall–Kier alpha value is -1.40. The lowest BCUT2D eigenvalue weighted by Crippen LogP contribution is -2.53. The Bertz CT molecular complexity index is 505. The smallest absolute Gasteiger partial charge is 0.247 e. The van der Waals surface area contributed by atoms with Gasteiger partial charge in [0.2, 0.25) is 11.2 Å². The lowest BCUT2D eigenvalue weighted by Gasteiger charge is -2.39. The van der Waals surface area contributed by atoms with Gasteiger partial charge in [-0.15, -0.1) is 0 Å². The van der Waals surface area contributed by atoms with Gasteiger partial charge in [0.15, 0.2) is 5.82 Å². The van der Waals surface area contributed by atoms with Crippen LogP contribution in [0.5, 0.6) is 0 Å². The Labute approximate surface area is 116 Å². The van der Waals surface area contributed by atoms with E-state index in [4.69, 9.17) is 16.3 Å². The summed E-state index contributed by atoms with van der Waals surface area (Å²) in [5, 5.41) is 3.03. The molecule has 102 valence electrons. The molecule has 0 spiro atoms. The van der Waals surface area contributed by atoms with Gasteiger partial charge in [-0.2, -0.15) is 4.98 Å². The maximum atomic E-state index is 12.2. The zero-order valence-corrected chi connectivity index (χ0v) is 11.4. The molecule has 1 N–H and O–H groups in total. The van der Waals surface area contributed by atoms with Crippen LogP contribution in [0.15, 0.2) is 6.20 Å². The highest BCUT2D eigenvalue weighted by molar-refractivity contribution is 6.28. The molecule has 0 unspecified atom stereocenters. The van der Waals surface area contributed by atoms with Gasteiger partial charge in [0.1, 0.15) is 11.7 Å². The lowest BCUT2D eigenvalue weighted by atomic mass is 10.0. The predicted octanol–water partition coefficient (Wildman–Crippen LogP) is 1.46. The van der Waals surface area contributed by atoms with Crippen LogP contribution in [0.4, 0.5) is 11.5 Å². The first kappa shape index (κ1) is 12.6. The van der Waals surface area contributed by atoms with Crippen LogP contribution in [-0.4, -0.2) is 41.2 Å². The molecule has 0 saturated carbocycles. The van der Waals surface area contributed by atoms with Crippen LogP contribution in [0.2, 0.25) is 5.28 Å². The van der Waals surface area contributed by atoms with E-state index in [0.717, 1.165) is 6.42 Å². The standard InChI is InChI=1S/C12H15ClN4O2/c1-2-9-11(18)15-8-5-14-12(13)16-10(8)17(9)7-3-4-19-6-7/h5,7,9H,2-4,6H2,1H3,(H,15,18)/t7-,9+/m0/s1. The fourth-order valence-electron chi connectivity index (χ4n) is 2.68. The number of aromatic nitrogens is 2. The van der Waals surface area contributed by atoms with Gasteiger partial charge in [0.05, 0.1) is 18.8 Å². The molecule has 2 aliphatic heterocycles. The van der Waals surface area contributed by atoms with Crippen molar-refractivity contribution >= 4 is 29.0 Å². The first-order chi connectivity index (χ1) is 9.20. The highest BCUT2D eigenvalue weighted by atomic mass is 35.5. The van der Waals surface area contributed by atoms with Crippen LogP contribution >= 0.6 is 11.6 Å². The number of anilines is 2. The van der Waals surface area contributed by atoms with Gasteiger partial charge < -0.3 is 15.0 Å². The van der Waals surface area contributed by atoms with E-state index in [1.54, 1.807) is 6.20 Å². The van der Waals surface area contributed by atoms with Crippen molar-refractivity contribution in [3.63, 3.8) is 0 Å². The number of ether oxygens (including phenoxy) is 1. The number of hydrogen-bond donors (Lipinski definition) is 1. The number of fused-ring (bicyclic) bond motifs is 1. The highest BCUT2D eigenvalue weighted by Crippen LogP contribution is 2.34. The second-order valence-electron chi connectivity index (χ2n) is 4.71. The Balaban J connectivity index is 2.05. The minimum atomic E-state index is -0.231. The SMILES string of the molecule is CC[C@@H]1C(=O)Nc2cnc(Cl)nc2N1[C@H]1CCOC1. The molecule has 7 heteroatoms. The zero-order chi connectivity index (χ0) is 13.4. The summed E-state index contributed by atoms with van der Waals surface area (Å²) in [6.07, 6.45) is 3.16. The van der Waals surface area contributed by atoms with Crippen LogP contribution in [0.25, 0.3) is 0 Å². The number of carbonyl (C=O) groups excluding carboxylic acids is 1. The van der Waals surface area contributed by atoms with Gasteiger partial charge in [-0.25, -0.2) is 4.98 Å². The van der Waals surface area contributed by atoms with E-state index in [2.05, 4.69) is 15.3 Å². The van der Waals surface area contributed by atoms with Crippen molar-refractivity contribution in [1.82, 2.24) is 9.97 Å². The minimum Gasteiger partial charge on any atom is -0.379 e. The lowest BCUT2D eigenvalue weighted by molar-refractivity contribution is -0.117. The van der Waals surface area contributed by atoms with E-state index in [1.165, 1.54) is 0 Å². The van der Waals surface area contributed by atoms with Crippen molar-refractivity contribution in [3.8, 4) is 0 Å². The molecular weight excluding hydrogens is 268 g/mol. The average Bonchev–Trinajstić information content (AvgIpc) is 2.91. The maximum absolute atomic E-state index is 12.2. The number of halogens is 1. The fourth-order valence-corrected chi connectivity index (χ4v) is 2.81. The van der Waals surface area contributed by atoms with Crippen molar-refractivity contribution in [2.75, 3.05) is 23.4 Å². The maximum Gasteiger partial charge on any atom is 0.247 e. The first-order valence-corrected chi connectivity index (χ1v) is 6.78. The van der Waals surface area contributed by atoms with Crippen molar-refractivity contribution < 1.29 is 9.53 Å². The van der Waals surface area contributed by atoms with Crippen molar-refractivity contribution in [3.05, 3.63) is 11.5 Å². The molecule has 1 aromatic rings. The van der Waals surface area contributed by atoms with E-state index < -0.39 is 0 Å². The molecule has 19 heavy (non-hydrogen) atoms. The Morgan fingerprint density at radius 3 is 3.16 bits per heavy atom. The van der Waals surface area contributed by atoms with Crippen molar-refractivity contribution in [1.29, 1.82) is 0 Å². The molecule has 1 aromatic heterocycles. The van der Waals surface area contributed by atoms with E-state index in [0.29, 0.717) is 31.1 Å². The molecule has 3 heterocycles. The van der Waals surface area contributed by atoms with E-state index in [1.807, 2.05) is 11.8 Å². The summed E-state index contributed by atoms with van der Waals surface area (Å²) in [6, 6.07) is -0.0640. The van der Waals surface area contributed by atoms with Crippen LogP contribution in [0.3, 0.4) is 0 Å². The molecule has 0 radical (unpaired) electrons. The molecule has 0 aliphatic carbocycles. The Morgan fingerprint density at radius 2 is 2.47 bits per heavy atom. The summed E-state index contributed by atoms with van der Waals surface area (Å²) >= 11 is 5.88. The molecular formula is C12H15ClN4O2. The van der Waals surface area contributed by atoms with E-state index in [9.17, 15) is 4.79 Å². The number of rotatable bonds is 2. The molecule has 1 fully saturated rings. The van der Waals surface area contributed by atoms with Crippen LogP contribution in [-0.2, 0) is 9.53 Å². The monoisotopic (exact) mass is 282 g/mol. The third-order valence-corrected chi connectivity index (χ3v) is 3.75. The Morgan fingerprint density at radius 1 is 1.63 bits per heavy atom. The fraction of sp³-hybridized carbons (Fsp3) is 0.583. The summed E-state index contributed by atoms with van der Waals surface area (Å²) in [5.74, 6) is 0.676. The molecule has 3 rings (SSSR count). The van der Waals surface area contributed by atoms with E-state index >= 15 is 0 Å². The zero-order valence-electron chi connectivity index (χ0n) is 10.6. The predicted molar refractivity (Wildman–Crippen MR) is 71.5 cm³/mol. The van der Waals surface area contributed by atoms with Gasteiger partial charge in [-0.1, -0.05) is 6.92 Å². The average molecular weight is 283 g/mol. The Kier molecular flexibility index (Phi) is 3.28. The van der Waals surface area contributed by atoms with E-state index in [-0.39, 0.29) is 23.3 Å². The van der Waals surface area contributed by atoms with Gasteiger partial charge >= 0.3 is 0 Å². The molecule has 6 nitrogen and oxygen atoms in total. The van der Waals surface area contributed by atoms with Gasteiger partial charge in [-0.3, -0.25) is 4.79 Å². The summed E-state index contributed by atoms with van der Waals surface area (Å²) in [5.41, 5.74) is 0.617. The molecule has 0 aromatic carbocycles. The number of hydrogen-bond acceptors (Lipinski definition) is 5.